The number of carbonyl (C=O) groups is 1. The monoisotopic (exact) mass is 361 g/mol. The van der Waals surface area contributed by atoms with Crippen LogP contribution in [0.2, 0.25) is 0 Å². The van der Waals surface area contributed by atoms with Crippen LogP contribution in [0.1, 0.15) is 24.1 Å². The molecular formula is C18H27N5OS. The van der Waals surface area contributed by atoms with Crippen LogP contribution in [0.5, 0.6) is 0 Å². The second-order valence-electron chi connectivity index (χ2n) is 6.61. The van der Waals surface area contributed by atoms with Crippen LogP contribution in [0.3, 0.4) is 0 Å². The number of hydrogen-bond donors (Lipinski definition) is 2. The Morgan fingerprint density at radius 3 is 2.92 bits per heavy atom. The topological polar surface area (TPSA) is 62.2 Å². The molecule has 25 heavy (non-hydrogen) atoms. The molecule has 1 fully saturated rings. The molecule has 136 valence electrons. The van der Waals surface area contributed by atoms with Crippen LogP contribution < -0.4 is 10.6 Å². The molecule has 7 heteroatoms. The lowest BCUT2D eigenvalue weighted by molar-refractivity contribution is -0.117. The minimum Gasteiger partial charge on any atom is -0.320 e. The zero-order valence-corrected chi connectivity index (χ0v) is 15.6. The molecule has 3 rings (SSSR count). The first-order valence-corrected chi connectivity index (χ1v) is 9.83. The summed E-state index contributed by atoms with van der Waals surface area (Å²) in [7, 11) is 2.00. The van der Waals surface area contributed by atoms with Crippen molar-refractivity contribution in [1.29, 1.82) is 0 Å². The molecule has 1 saturated heterocycles. The van der Waals surface area contributed by atoms with Crippen molar-refractivity contribution in [3.63, 3.8) is 0 Å². The highest BCUT2D eigenvalue weighted by atomic mass is 32.1. The summed E-state index contributed by atoms with van der Waals surface area (Å²) in [6.07, 6.45) is 5.34. The third-order valence-electron chi connectivity index (χ3n) is 4.75. The highest BCUT2D eigenvalue weighted by molar-refractivity contribution is 7.09. The fourth-order valence-electron chi connectivity index (χ4n) is 3.28. The number of hydrogen-bond acceptors (Lipinski definition) is 5. The molecule has 0 atom stereocenters. The van der Waals surface area contributed by atoms with E-state index >= 15 is 0 Å². The van der Waals surface area contributed by atoms with Crippen molar-refractivity contribution in [3.05, 3.63) is 34.7 Å². The Morgan fingerprint density at radius 1 is 1.36 bits per heavy atom. The van der Waals surface area contributed by atoms with Crippen LogP contribution in [0.4, 0.5) is 5.82 Å². The maximum absolute atomic E-state index is 12.4. The number of likely N-dealkylation sites (tertiary alicyclic amines) is 1. The molecule has 3 heterocycles. The molecule has 0 aliphatic carbocycles. The normalized spacial score (nSPS) is 16.2. The summed E-state index contributed by atoms with van der Waals surface area (Å²) in [4.78, 5) is 15.9. The summed E-state index contributed by atoms with van der Waals surface area (Å²) < 4.78 is 1.84. The van der Waals surface area contributed by atoms with Crippen molar-refractivity contribution in [1.82, 2.24) is 20.0 Å². The number of nitrogens with zero attached hydrogens (tertiary/aromatic N) is 3. The van der Waals surface area contributed by atoms with Crippen LogP contribution >= 0.6 is 11.3 Å². The van der Waals surface area contributed by atoms with Gasteiger partial charge in [-0.25, -0.2) is 4.68 Å². The molecule has 0 unspecified atom stereocenters. The van der Waals surface area contributed by atoms with Gasteiger partial charge in [-0.3, -0.25) is 9.69 Å². The van der Waals surface area contributed by atoms with Gasteiger partial charge in [0.1, 0.15) is 5.82 Å². The van der Waals surface area contributed by atoms with E-state index in [1.54, 1.807) is 17.5 Å². The van der Waals surface area contributed by atoms with E-state index < -0.39 is 0 Å². The standard InChI is InChI=1S/C18H27N5OS/c1-19-8-4-15-6-10-22(11-7-15)14-18(24)21-17-5-9-20-23(17)13-16-3-2-12-25-16/h2-3,5,9,12,15,19H,4,6-8,10-11,13-14H2,1H3,(H,21,24). The molecule has 2 aromatic rings. The summed E-state index contributed by atoms with van der Waals surface area (Å²) in [5.74, 6) is 1.60. The fraction of sp³-hybridized carbons (Fsp3) is 0.556. The van der Waals surface area contributed by atoms with Gasteiger partial charge in [-0.05, 0) is 63.3 Å². The van der Waals surface area contributed by atoms with E-state index in [0.29, 0.717) is 13.1 Å². The number of thiophene rings is 1. The number of rotatable bonds is 8. The van der Waals surface area contributed by atoms with E-state index in [9.17, 15) is 4.79 Å². The molecule has 0 aromatic carbocycles. The molecule has 1 aliphatic heterocycles. The average Bonchev–Trinajstić information content (AvgIpc) is 3.27. The van der Waals surface area contributed by atoms with Gasteiger partial charge in [-0.1, -0.05) is 6.07 Å². The Morgan fingerprint density at radius 2 is 2.20 bits per heavy atom. The fourth-order valence-corrected chi connectivity index (χ4v) is 3.97. The molecule has 2 N–H and O–H groups in total. The SMILES string of the molecule is CNCCC1CCN(CC(=O)Nc2ccnn2Cc2cccs2)CC1. The molecule has 6 nitrogen and oxygen atoms in total. The molecule has 1 aliphatic rings. The molecule has 1 amide bonds. The van der Waals surface area contributed by atoms with Gasteiger partial charge in [0.25, 0.3) is 0 Å². The highest BCUT2D eigenvalue weighted by Crippen LogP contribution is 2.20. The summed E-state index contributed by atoms with van der Waals surface area (Å²) >= 11 is 1.70. The first-order chi connectivity index (χ1) is 12.2. The van der Waals surface area contributed by atoms with Crippen molar-refractivity contribution in [2.24, 2.45) is 5.92 Å². The maximum atomic E-state index is 12.4. The van der Waals surface area contributed by atoms with Crippen LogP contribution in [0.25, 0.3) is 0 Å². The second-order valence-corrected chi connectivity index (χ2v) is 7.65. The van der Waals surface area contributed by atoms with Crippen LogP contribution in [0.15, 0.2) is 29.8 Å². The second kappa shape index (κ2) is 9.12. The van der Waals surface area contributed by atoms with Crippen LogP contribution in [-0.2, 0) is 11.3 Å². The minimum atomic E-state index is 0.0432. The summed E-state index contributed by atoms with van der Waals surface area (Å²) in [6.45, 7) is 4.26. The van der Waals surface area contributed by atoms with Gasteiger partial charge in [-0.2, -0.15) is 5.10 Å². The van der Waals surface area contributed by atoms with Crippen molar-refractivity contribution < 1.29 is 4.79 Å². The third-order valence-corrected chi connectivity index (χ3v) is 5.61. The first-order valence-electron chi connectivity index (χ1n) is 8.95. The molecule has 0 saturated carbocycles. The van der Waals surface area contributed by atoms with Gasteiger partial charge < -0.3 is 10.6 Å². The van der Waals surface area contributed by atoms with E-state index in [2.05, 4.69) is 32.1 Å². The Labute approximate surface area is 153 Å². The lowest BCUT2D eigenvalue weighted by Gasteiger charge is -2.31. The van der Waals surface area contributed by atoms with Crippen molar-refractivity contribution in [3.8, 4) is 0 Å². The predicted octanol–water partition coefficient (Wildman–Crippen LogP) is 2.25. The van der Waals surface area contributed by atoms with Gasteiger partial charge in [0.2, 0.25) is 5.91 Å². The number of aromatic nitrogens is 2. The first kappa shape index (κ1) is 18.1. The molecule has 0 spiro atoms. The molecule has 2 aromatic heterocycles. The highest BCUT2D eigenvalue weighted by Gasteiger charge is 2.20. The number of piperidine rings is 1. The Kier molecular flexibility index (Phi) is 6.61. The molecular weight excluding hydrogens is 334 g/mol. The predicted molar refractivity (Wildman–Crippen MR) is 102 cm³/mol. The van der Waals surface area contributed by atoms with Crippen LogP contribution in [-0.4, -0.2) is 53.8 Å². The molecule has 0 radical (unpaired) electrons. The van der Waals surface area contributed by atoms with Gasteiger partial charge in [-0.15, -0.1) is 11.3 Å². The Balaban J connectivity index is 1.45. The number of carbonyl (C=O) groups excluding carboxylic acids is 1. The quantitative estimate of drug-likeness (QED) is 0.757. The van der Waals surface area contributed by atoms with Crippen molar-refractivity contribution >= 4 is 23.1 Å². The van der Waals surface area contributed by atoms with Crippen molar-refractivity contribution in [2.45, 2.75) is 25.8 Å². The van der Waals surface area contributed by atoms with E-state index in [-0.39, 0.29) is 5.91 Å². The molecule has 0 bridgehead atoms. The zero-order chi connectivity index (χ0) is 17.5. The van der Waals surface area contributed by atoms with Gasteiger partial charge in [0.05, 0.1) is 19.3 Å². The van der Waals surface area contributed by atoms with E-state index in [1.165, 1.54) is 24.1 Å². The zero-order valence-electron chi connectivity index (χ0n) is 14.8. The lowest BCUT2D eigenvalue weighted by Crippen LogP contribution is -2.39. The van der Waals surface area contributed by atoms with Crippen LogP contribution in [0, 0.1) is 5.92 Å². The number of anilines is 1. The maximum Gasteiger partial charge on any atom is 0.239 e. The Bertz CT molecular complexity index is 646. The third kappa shape index (κ3) is 5.39. The summed E-state index contributed by atoms with van der Waals surface area (Å²) in [5.41, 5.74) is 0. The summed E-state index contributed by atoms with van der Waals surface area (Å²) in [5, 5.41) is 12.6. The number of nitrogens with one attached hydrogen (secondary N) is 2. The lowest BCUT2D eigenvalue weighted by atomic mass is 9.93. The van der Waals surface area contributed by atoms with Crippen molar-refractivity contribution in [2.75, 3.05) is 38.5 Å². The summed E-state index contributed by atoms with van der Waals surface area (Å²) in [6, 6.07) is 5.97. The largest absolute Gasteiger partial charge is 0.320 e. The Hall–Kier alpha value is -1.70. The van der Waals surface area contributed by atoms with Gasteiger partial charge >= 0.3 is 0 Å². The van der Waals surface area contributed by atoms with E-state index in [0.717, 1.165) is 31.4 Å². The van der Waals surface area contributed by atoms with E-state index in [1.807, 2.05) is 23.9 Å². The minimum absolute atomic E-state index is 0.0432. The van der Waals surface area contributed by atoms with E-state index in [4.69, 9.17) is 0 Å². The van der Waals surface area contributed by atoms with Gasteiger partial charge in [0.15, 0.2) is 0 Å². The van der Waals surface area contributed by atoms with Gasteiger partial charge in [0, 0.05) is 10.9 Å². The average molecular weight is 362 g/mol. The number of amides is 1. The smallest absolute Gasteiger partial charge is 0.239 e.